The van der Waals surface area contributed by atoms with Crippen LogP contribution < -0.4 is 0 Å². The molecule has 0 spiro atoms. The van der Waals surface area contributed by atoms with Crippen molar-refractivity contribution in [2.75, 3.05) is 0 Å². The van der Waals surface area contributed by atoms with E-state index in [0.717, 1.165) is 57.9 Å². The van der Waals surface area contributed by atoms with Crippen LogP contribution in [0.5, 0.6) is 0 Å². The van der Waals surface area contributed by atoms with Gasteiger partial charge in [0.15, 0.2) is 17.5 Å². The molecule has 4 heteroatoms. The number of hydrogen-bond donors (Lipinski definition) is 0. The van der Waals surface area contributed by atoms with Gasteiger partial charge in [0.2, 0.25) is 0 Å². The van der Waals surface area contributed by atoms with Crippen LogP contribution in [0.2, 0.25) is 0 Å². The molecule has 8 aromatic rings. The van der Waals surface area contributed by atoms with Gasteiger partial charge in [0.25, 0.3) is 0 Å². The number of nitrogens with zero attached hydrogens (tertiary/aromatic N) is 3. The van der Waals surface area contributed by atoms with E-state index >= 15 is 0 Å². The van der Waals surface area contributed by atoms with E-state index in [1.165, 1.54) is 39.0 Å². The van der Waals surface area contributed by atoms with Gasteiger partial charge in [-0.25, -0.2) is 15.0 Å². The number of hydrogen-bond acceptors (Lipinski definition) is 4. The van der Waals surface area contributed by atoms with Crippen LogP contribution >= 0.6 is 0 Å². The standard InChI is InChI=1S/C47H33N3O/c1-3-13-31(14-4-1)36-25-26-37(39-19-10-9-18-38(36)39)34-24-27-42-41(29-34)44-40(20-11-21-43(44)51-42)47-49-45(32-15-5-2-6-16-32)48-46(50-47)35-23-22-30-12-7-8-17-33(30)28-35/h1-6,8-11,13-25,27-29,37H,7,12,26H2. The van der Waals surface area contributed by atoms with E-state index in [9.17, 15) is 0 Å². The lowest BCUT2D eigenvalue weighted by Gasteiger charge is -2.26. The molecule has 0 fully saturated rings. The number of benzene rings is 6. The largest absolute Gasteiger partial charge is 0.456 e. The van der Waals surface area contributed by atoms with Crippen LogP contribution in [0.25, 0.3) is 67.8 Å². The van der Waals surface area contributed by atoms with Crippen LogP contribution in [0.3, 0.4) is 0 Å². The van der Waals surface area contributed by atoms with E-state index in [-0.39, 0.29) is 5.92 Å². The summed E-state index contributed by atoms with van der Waals surface area (Å²) in [4.78, 5) is 15.3. The van der Waals surface area contributed by atoms with Gasteiger partial charge in [0.05, 0.1) is 0 Å². The van der Waals surface area contributed by atoms with Gasteiger partial charge in [0, 0.05) is 33.4 Å². The second kappa shape index (κ2) is 12.2. The number of fused-ring (bicyclic) bond motifs is 5. The highest BCUT2D eigenvalue weighted by Crippen LogP contribution is 2.43. The molecule has 2 aromatic heterocycles. The topological polar surface area (TPSA) is 51.8 Å². The molecule has 0 saturated heterocycles. The maximum Gasteiger partial charge on any atom is 0.164 e. The summed E-state index contributed by atoms with van der Waals surface area (Å²) >= 11 is 0. The zero-order valence-electron chi connectivity index (χ0n) is 28.0. The first-order valence-electron chi connectivity index (χ1n) is 17.7. The summed E-state index contributed by atoms with van der Waals surface area (Å²) in [6, 6.07) is 49.1. The summed E-state index contributed by atoms with van der Waals surface area (Å²) in [6.45, 7) is 0. The average molecular weight is 656 g/mol. The second-order valence-electron chi connectivity index (χ2n) is 13.4. The predicted molar refractivity (Wildman–Crippen MR) is 207 cm³/mol. The number of allylic oxidation sites excluding steroid dienone is 2. The van der Waals surface area contributed by atoms with Crippen molar-refractivity contribution >= 4 is 33.6 Å². The van der Waals surface area contributed by atoms with Crippen molar-refractivity contribution in [3.63, 3.8) is 0 Å². The molecule has 51 heavy (non-hydrogen) atoms. The third-order valence-electron chi connectivity index (χ3n) is 10.4. The highest BCUT2D eigenvalue weighted by molar-refractivity contribution is 6.12. The minimum absolute atomic E-state index is 0.224. The first-order valence-corrected chi connectivity index (χ1v) is 17.7. The molecular weight excluding hydrogens is 623 g/mol. The molecule has 1 unspecified atom stereocenters. The minimum atomic E-state index is 0.224. The fraction of sp³-hybridized carbons (Fsp3) is 0.0851. The number of aromatic nitrogens is 3. The predicted octanol–water partition coefficient (Wildman–Crippen LogP) is 11.7. The van der Waals surface area contributed by atoms with Gasteiger partial charge in [0.1, 0.15) is 11.2 Å². The third kappa shape index (κ3) is 5.19. The summed E-state index contributed by atoms with van der Waals surface area (Å²) < 4.78 is 6.50. The molecule has 10 rings (SSSR count). The highest BCUT2D eigenvalue weighted by atomic mass is 16.3. The van der Waals surface area contributed by atoms with E-state index < -0.39 is 0 Å². The van der Waals surface area contributed by atoms with Gasteiger partial charge >= 0.3 is 0 Å². The normalized spacial score (nSPS) is 15.1. The lowest BCUT2D eigenvalue weighted by Crippen LogP contribution is -2.09. The molecule has 2 heterocycles. The van der Waals surface area contributed by atoms with Crippen LogP contribution in [0, 0.1) is 0 Å². The molecule has 2 aliphatic carbocycles. The molecule has 4 nitrogen and oxygen atoms in total. The van der Waals surface area contributed by atoms with Crippen molar-refractivity contribution < 1.29 is 4.42 Å². The van der Waals surface area contributed by atoms with Crippen molar-refractivity contribution in [3.05, 3.63) is 185 Å². The Hall–Kier alpha value is -6.39. The number of aryl methyl sites for hydroxylation is 1. The van der Waals surface area contributed by atoms with E-state index in [4.69, 9.17) is 19.4 Å². The van der Waals surface area contributed by atoms with Gasteiger partial charge in [-0.3, -0.25) is 0 Å². The molecule has 6 aromatic carbocycles. The summed E-state index contributed by atoms with van der Waals surface area (Å²) in [7, 11) is 0. The van der Waals surface area contributed by atoms with Gasteiger partial charge in [-0.05, 0) is 82.5 Å². The molecular formula is C47H33N3O. The Morgan fingerprint density at radius 1 is 0.569 bits per heavy atom. The quantitative estimate of drug-likeness (QED) is 0.185. The van der Waals surface area contributed by atoms with Crippen LogP contribution in [0.4, 0.5) is 0 Å². The lowest BCUT2D eigenvalue weighted by molar-refractivity contribution is 0.668. The van der Waals surface area contributed by atoms with Crippen molar-refractivity contribution in [1.29, 1.82) is 0 Å². The van der Waals surface area contributed by atoms with Crippen LogP contribution in [-0.2, 0) is 6.42 Å². The molecule has 0 N–H and O–H groups in total. The van der Waals surface area contributed by atoms with E-state index in [1.54, 1.807) is 0 Å². The highest BCUT2D eigenvalue weighted by Gasteiger charge is 2.25. The summed E-state index contributed by atoms with van der Waals surface area (Å²) in [5.41, 5.74) is 13.6. The molecule has 0 bridgehead atoms. The second-order valence-corrected chi connectivity index (χ2v) is 13.4. The number of furan rings is 1. The molecule has 1 atom stereocenters. The van der Waals surface area contributed by atoms with Crippen molar-refractivity contribution in [2.24, 2.45) is 0 Å². The molecule has 2 aliphatic rings. The first-order chi connectivity index (χ1) is 25.3. The van der Waals surface area contributed by atoms with Crippen molar-refractivity contribution in [1.82, 2.24) is 15.0 Å². The molecule has 0 radical (unpaired) electrons. The molecule has 0 saturated carbocycles. The fourth-order valence-corrected chi connectivity index (χ4v) is 7.88. The van der Waals surface area contributed by atoms with E-state index in [2.05, 4.69) is 127 Å². The molecule has 0 aliphatic heterocycles. The third-order valence-corrected chi connectivity index (χ3v) is 10.4. The smallest absolute Gasteiger partial charge is 0.164 e. The summed E-state index contributed by atoms with van der Waals surface area (Å²) in [5, 5.41) is 2.08. The maximum absolute atomic E-state index is 6.50. The van der Waals surface area contributed by atoms with Crippen LogP contribution in [-0.4, -0.2) is 15.0 Å². The fourth-order valence-electron chi connectivity index (χ4n) is 7.88. The Labute approximate surface area is 296 Å². The van der Waals surface area contributed by atoms with Crippen molar-refractivity contribution in [2.45, 2.75) is 25.2 Å². The van der Waals surface area contributed by atoms with Crippen LogP contribution in [0.1, 0.15) is 52.1 Å². The van der Waals surface area contributed by atoms with Crippen molar-refractivity contribution in [3.8, 4) is 34.2 Å². The van der Waals surface area contributed by atoms with E-state index in [0.29, 0.717) is 17.5 Å². The summed E-state index contributed by atoms with van der Waals surface area (Å²) in [5.74, 6) is 2.16. The lowest BCUT2D eigenvalue weighted by atomic mass is 9.77. The van der Waals surface area contributed by atoms with Crippen LogP contribution in [0.15, 0.2) is 156 Å². The molecule has 242 valence electrons. The number of rotatable bonds is 5. The van der Waals surface area contributed by atoms with Gasteiger partial charge in [-0.15, -0.1) is 0 Å². The summed E-state index contributed by atoms with van der Waals surface area (Å²) in [6.07, 6.45) is 9.90. The average Bonchev–Trinajstić information content (AvgIpc) is 3.59. The SMILES string of the molecule is C1=Cc2cc(-c3nc(-c4ccccc4)nc(-c4cccc5oc6ccc(C7CC=C(c8ccccc8)c8ccccc87)cc6c45)n3)ccc2CC1. The minimum Gasteiger partial charge on any atom is -0.456 e. The Morgan fingerprint density at radius 3 is 2.18 bits per heavy atom. The first kappa shape index (κ1) is 29.5. The monoisotopic (exact) mass is 655 g/mol. The Balaban J connectivity index is 1.13. The zero-order valence-corrected chi connectivity index (χ0v) is 28.0. The van der Waals surface area contributed by atoms with Gasteiger partial charge < -0.3 is 4.42 Å². The van der Waals surface area contributed by atoms with Gasteiger partial charge in [-0.2, -0.15) is 0 Å². The maximum atomic E-state index is 6.50. The molecule has 0 amide bonds. The Morgan fingerprint density at radius 2 is 1.31 bits per heavy atom. The zero-order chi connectivity index (χ0) is 33.7. The van der Waals surface area contributed by atoms with E-state index in [1.807, 2.05) is 30.3 Å². The Kier molecular flexibility index (Phi) is 7.05. The Bertz CT molecular complexity index is 2670. The van der Waals surface area contributed by atoms with Gasteiger partial charge in [-0.1, -0.05) is 133 Å².